The Morgan fingerprint density at radius 3 is 2.50 bits per heavy atom. The molecule has 0 atom stereocenters. The normalized spacial score (nSPS) is 11.6. The first-order valence-electron chi connectivity index (χ1n) is 7.35. The van der Waals surface area contributed by atoms with Crippen LogP contribution in [-0.2, 0) is 14.8 Å². The van der Waals surface area contributed by atoms with E-state index in [4.69, 9.17) is 23.2 Å². The van der Waals surface area contributed by atoms with Gasteiger partial charge in [-0.2, -0.15) is 4.31 Å². The minimum atomic E-state index is -4.12. The predicted molar refractivity (Wildman–Crippen MR) is 95.9 cm³/mol. The van der Waals surface area contributed by atoms with Crippen molar-refractivity contribution in [3.63, 3.8) is 0 Å². The summed E-state index contributed by atoms with van der Waals surface area (Å²) in [6.45, 7) is 0.855. The first-order valence-corrected chi connectivity index (χ1v) is 9.55. The molecule has 2 aromatic carbocycles. The number of carbonyl (C=O) groups is 1. The highest BCUT2D eigenvalue weighted by molar-refractivity contribution is 7.89. The van der Waals surface area contributed by atoms with E-state index in [2.05, 4.69) is 5.32 Å². The van der Waals surface area contributed by atoms with Gasteiger partial charge in [-0.3, -0.25) is 4.79 Å². The topological polar surface area (TPSA) is 66.5 Å². The van der Waals surface area contributed by atoms with Crippen LogP contribution in [0.3, 0.4) is 0 Å². The number of benzene rings is 2. The van der Waals surface area contributed by atoms with E-state index in [0.717, 1.165) is 22.5 Å². The molecule has 1 N–H and O–H groups in total. The minimum absolute atomic E-state index is 0.0514. The number of nitrogens with one attached hydrogen (secondary N) is 1. The van der Waals surface area contributed by atoms with Crippen LogP contribution in [0.4, 0.5) is 14.5 Å². The van der Waals surface area contributed by atoms with E-state index in [1.807, 2.05) is 0 Å². The summed E-state index contributed by atoms with van der Waals surface area (Å²) in [4.78, 5) is 11.9. The number of hydrogen-bond acceptors (Lipinski definition) is 3. The Morgan fingerprint density at radius 2 is 1.85 bits per heavy atom. The van der Waals surface area contributed by atoms with Gasteiger partial charge in [-0.25, -0.2) is 17.2 Å². The van der Waals surface area contributed by atoms with Crippen molar-refractivity contribution < 1.29 is 22.0 Å². The Morgan fingerprint density at radius 1 is 1.15 bits per heavy atom. The van der Waals surface area contributed by atoms with Gasteiger partial charge in [-0.05, 0) is 30.3 Å². The lowest BCUT2D eigenvalue weighted by Gasteiger charge is -2.21. The number of likely N-dealkylation sites (N-methyl/N-ethyl adjacent to an activating group) is 1. The van der Waals surface area contributed by atoms with Crippen LogP contribution in [0.15, 0.2) is 41.3 Å². The molecule has 0 unspecified atom stereocenters. The molecule has 26 heavy (non-hydrogen) atoms. The number of rotatable bonds is 6. The molecule has 0 aliphatic heterocycles. The molecule has 0 fully saturated rings. The van der Waals surface area contributed by atoms with Crippen LogP contribution >= 0.6 is 23.2 Å². The van der Waals surface area contributed by atoms with Gasteiger partial charge in [0.05, 0.1) is 17.3 Å². The zero-order chi connectivity index (χ0) is 19.5. The van der Waals surface area contributed by atoms with Gasteiger partial charge < -0.3 is 5.32 Å². The summed E-state index contributed by atoms with van der Waals surface area (Å²) >= 11 is 11.7. The van der Waals surface area contributed by atoms with Gasteiger partial charge in [0, 0.05) is 17.6 Å². The third kappa shape index (κ3) is 4.70. The van der Waals surface area contributed by atoms with Crippen molar-refractivity contribution in [1.82, 2.24) is 4.31 Å². The largest absolute Gasteiger partial charge is 0.322 e. The molecule has 2 aromatic rings. The lowest BCUT2D eigenvalue weighted by Crippen LogP contribution is -2.38. The van der Waals surface area contributed by atoms with Gasteiger partial charge in [0.2, 0.25) is 15.9 Å². The summed E-state index contributed by atoms with van der Waals surface area (Å²) in [6.07, 6.45) is 0. The first kappa shape index (κ1) is 20.6. The van der Waals surface area contributed by atoms with E-state index in [-0.39, 0.29) is 27.2 Å². The average Bonchev–Trinajstić information content (AvgIpc) is 2.57. The van der Waals surface area contributed by atoms with Gasteiger partial charge in [-0.15, -0.1) is 0 Å². The first-order chi connectivity index (χ1) is 12.1. The Labute approximate surface area is 159 Å². The molecule has 10 heteroatoms. The number of nitrogens with zero attached hydrogens (tertiary/aromatic N) is 1. The van der Waals surface area contributed by atoms with Gasteiger partial charge in [0.25, 0.3) is 0 Å². The van der Waals surface area contributed by atoms with Crippen molar-refractivity contribution in [3.8, 4) is 0 Å². The highest BCUT2D eigenvalue weighted by atomic mass is 35.5. The minimum Gasteiger partial charge on any atom is -0.322 e. The summed E-state index contributed by atoms with van der Waals surface area (Å²) in [5.74, 6) is -2.42. The van der Waals surface area contributed by atoms with Crippen molar-refractivity contribution in [2.24, 2.45) is 0 Å². The van der Waals surface area contributed by atoms with E-state index in [0.29, 0.717) is 0 Å². The van der Waals surface area contributed by atoms with Crippen LogP contribution < -0.4 is 5.32 Å². The molecular weight excluding hydrogens is 409 g/mol. The van der Waals surface area contributed by atoms with Gasteiger partial charge in [0.15, 0.2) is 0 Å². The molecule has 0 heterocycles. The Hall–Kier alpha value is -1.74. The molecule has 140 valence electrons. The number of carbonyl (C=O) groups excluding carboxylic acids is 1. The third-order valence-electron chi connectivity index (χ3n) is 3.39. The summed E-state index contributed by atoms with van der Waals surface area (Å²) < 4.78 is 53.0. The SMILES string of the molecule is CCN(CC(=O)Nc1cc(F)ccc1F)S(=O)(=O)c1cc(Cl)ccc1Cl. The quantitative estimate of drug-likeness (QED) is 0.766. The third-order valence-corrected chi connectivity index (χ3v) is 6.02. The standard InChI is InChI=1S/C16H14Cl2F2N2O3S/c1-2-22(26(24,25)15-7-10(17)3-5-12(15)18)9-16(23)21-14-8-11(19)4-6-13(14)20/h3-8H,2,9H2,1H3,(H,21,23). The average molecular weight is 423 g/mol. The fraction of sp³-hybridized carbons (Fsp3) is 0.188. The second kappa shape index (κ2) is 8.30. The summed E-state index contributed by atoms with van der Waals surface area (Å²) in [6, 6.07) is 6.48. The Balaban J connectivity index is 2.24. The van der Waals surface area contributed by atoms with E-state index in [1.165, 1.54) is 25.1 Å². The molecule has 0 saturated carbocycles. The number of anilines is 1. The van der Waals surface area contributed by atoms with E-state index >= 15 is 0 Å². The maximum Gasteiger partial charge on any atom is 0.245 e. The van der Waals surface area contributed by atoms with Crippen LogP contribution in [0.5, 0.6) is 0 Å². The van der Waals surface area contributed by atoms with Crippen LogP contribution in [0, 0.1) is 11.6 Å². The molecule has 0 aliphatic carbocycles. The van der Waals surface area contributed by atoms with E-state index in [9.17, 15) is 22.0 Å². The molecule has 0 aromatic heterocycles. The maximum absolute atomic E-state index is 13.6. The van der Waals surface area contributed by atoms with Crippen LogP contribution in [0.2, 0.25) is 10.0 Å². The number of sulfonamides is 1. The van der Waals surface area contributed by atoms with Crippen molar-refractivity contribution in [3.05, 3.63) is 58.1 Å². The molecule has 0 bridgehead atoms. The second-order valence-electron chi connectivity index (χ2n) is 5.18. The maximum atomic E-state index is 13.6. The zero-order valence-electron chi connectivity index (χ0n) is 13.5. The van der Waals surface area contributed by atoms with Crippen molar-refractivity contribution in [2.45, 2.75) is 11.8 Å². The summed E-state index contributed by atoms with van der Waals surface area (Å²) in [5, 5.41) is 2.26. The smallest absolute Gasteiger partial charge is 0.245 e. The fourth-order valence-electron chi connectivity index (χ4n) is 2.12. The van der Waals surface area contributed by atoms with Gasteiger partial charge in [0.1, 0.15) is 16.5 Å². The molecule has 1 amide bonds. The van der Waals surface area contributed by atoms with Crippen molar-refractivity contribution in [2.75, 3.05) is 18.4 Å². The molecule has 0 saturated heterocycles. The van der Waals surface area contributed by atoms with Gasteiger partial charge in [-0.1, -0.05) is 30.1 Å². The lowest BCUT2D eigenvalue weighted by atomic mass is 10.3. The molecule has 5 nitrogen and oxygen atoms in total. The monoisotopic (exact) mass is 422 g/mol. The van der Waals surface area contributed by atoms with Gasteiger partial charge >= 0.3 is 0 Å². The van der Waals surface area contributed by atoms with Crippen LogP contribution in [-0.4, -0.2) is 31.7 Å². The van der Waals surface area contributed by atoms with Crippen molar-refractivity contribution >= 4 is 44.8 Å². The molecular formula is C16H14Cl2F2N2O3S. The summed E-state index contributed by atoms with van der Waals surface area (Å²) in [7, 11) is -4.12. The highest BCUT2D eigenvalue weighted by Crippen LogP contribution is 2.27. The van der Waals surface area contributed by atoms with E-state index in [1.54, 1.807) is 0 Å². The van der Waals surface area contributed by atoms with Crippen LogP contribution in [0.1, 0.15) is 6.92 Å². The van der Waals surface area contributed by atoms with Crippen molar-refractivity contribution in [1.29, 1.82) is 0 Å². The molecule has 2 rings (SSSR count). The Kier molecular flexibility index (Phi) is 6.57. The highest BCUT2D eigenvalue weighted by Gasteiger charge is 2.28. The van der Waals surface area contributed by atoms with Crippen LogP contribution in [0.25, 0.3) is 0 Å². The molecule has 0 spiro atoms. The molecule has 0 radical (unpaired) electrons. The zero-order valence-corrected chi connectivity index (χ0v) is 15.8. The second-order valence-corrected chi connectivity index (χ2v) is 7.93. The Bertz CT molecular complexity index is 939. The predicted octanol–water partition coefficient (Wildman–Crippen LogP) is 3.92. The fourth-order valence-corrected chi connectivity index (χ4v) is 4.27. The number of amides is 1. The lowest BCUT2D eigenvalue weighted by molar-refractivity contribution is -0.116. The summed E-state index contributed by atoms with van der Waals surface area (Å²) in [5.41, 5.74) is -0.385. The number of halogens is 4. The molecule has 0 aliphatic rings. The number of hydrogen-bond donors (Lipinski definition) is 1. The van der Waals surface area contributed by atoms with E-state index < -0.39 is 34.1 Å².